The first kappa shape index (κ1) is 12.8. The van der Waals surface area contributed by atoms with Gasteiger partial charge in [-0.3, -0.25) is 10.1 Å². The van der Waals surface area contributed by atoms with Gasteiger partial charge in [0.2, 0.25) is 5.82 Å². The summed E-state index contributed by atoms with van der Waals surface area (Å²) in [6.07, 6.45) is 6.48. The summed E-state index contributed by atoms with van der Waals surface area (Å²) >= 11 is 0. The van der Waals surface area contributed by atoms with Crippen molar-refractivity contribution in [1.82, 2.24) is 4.98 Å². The summed E-state index contributed by atoms with van der Waals surface area (Å²) in [6.45, 7) is 4.72. The van der Waals surface area contributed by atoms with Gasteiger partial charge in [0, 0.05) is 18.3 Å². The zero-order valence-electron chi connectivity index (χ0n) is 10.9. The average Bonchev–Trinajstić information content (AvgIpc) is 2.73. The second-order valence-corrected chi connectivity index (χ2v) is 5.45. The Kier molecular flexibility index (Phi) is 3.50. The lowest BCUT2D eigenvalue weighted by molar-refractivity contribution is -0.384. The maximum Gasteiger partial charge on any atom is 0.314 e. The van der Waals surface area contributed by atoms with Gasteiger partial charge in [-0.05, 0) is 31.2 Å². The van der Waals surface area contributed by atoms with E-state index in [1.807, 2.05) is 0 Å². The van der Waals surface area contributed by atoms with Gasteiger partial charge in [0.05, 0.1) is 4.92 Å². The predicted molar refractivity (Wildman–Crippen MR) is 70.7 cm³/mol. The molecule has 0 saturated heterocycles. The molecule has 1 heterocycles. The van der Waals surface area contributed by atoms with Gasteiger partial charge >= 0.3 is 5.69 Å². The molecule has 0 amide bonds. The highest BCUT2D eigenvalue weighted by molar-refractivity contribution is 5.59. The lowest BCUT2D eigenvalue weighted by Gasteiger charge is -2.23. The third-order valence-electron chi connectivity index (χ3n) is 3.80. The van der Waals surface area contributed by atoms with Gasteiger partial charge in [0.15, 0.2) is 0 Å². The number of aryl methyl sites for hydroxylation is 1. The molecule has 0 atom stereocenters. The summed E-state index contributed by atoms with van der Waals surface area (Å²) in [5.41, 5.74) is 0.993. The Labute approximate surface area is 107 Å². The zero-order chi connectivity index (χ0) is 13.2. The number of nitrogens with zero attached hydrogens (tertiary/aromatic N) is 2. The summed E-state index contributed by atoms with van der Waals surface area (Å²) < 4.78 is 0. The summed E-state index contributed by atoms with van der Waals surface area (Å²) in [5.74, 6) is 0.396. The van der Waals surface area contributed by atoms with E-state index in [1.54, 1.807) is 19.2 Å². The van der Waals surface area contributed by atoms with Crippen LogP contribution in [0.25, 0.3) is 0 Å². The van der Waals surface area contributed by atoms with Crippen LogP contribution in [0.15, 0.2) is 12.3 Å². The molecule has 1 fully saturated rings. The van der Waals surface area contributed by atoms with Crippen molar-refractivity contribution in [3.63, 3.8) is 0 Å². The van der Waals surface area contributed by atoms with Crippen LogP contribution in [-0.2, 0) is 0 Å². The number of rotatable bonds is 4. The molecule has 1 saturated carbocycles. The van der Waals surface area contributed by atoms with Gasteiger partial charge in [-0.25, -0.2) is 4.98 Å². The maximum absolute atomic E-state index is 11.0. The Hall–Kier alpha value is -1.65. The fourth-order valence-electron chi connectivity index (χ4n) is 2.61. The zero-order valence-corrected chi connectivity index (χ0v) is 10.9. The minimum atomic E-state index is -0.359. The highest BCUT2D eigenvalue weighted by Gasteiger charge is 2.29. The summed E-state index contributed by atoms with van der Waals surface area (Å²) in [4.78, 5) is 14.8. The number of aromatic nitrogens is 1. The Morgan fingerprint density at radius 1 is 1.50 bits per heavy atom. The van der Waals surface area contributed by atoms with Crippen molar-refractivity contribution in [3.8, 4) is 0 Å². The van der Waals surface area contributed by atoms with E-state index in [0.717, 1.165) is 6.54 Å². The largest absolute Gasteiger partial charge is 0.364 e. The highest BCUT2D eigenvalue weighted by Crippen LogP contribution is 2.38. The van der Waals surface area contributed by atoms with E-state index in [1.165, 1.54) is 25.7 Å². The van der Waals surface area contributed by atoms with Crippen LogP contribution in [0, 0.1) is 22.5 Å². The van der Waals surface area contributed by atoms with Gasteiger partial charge in [0.1, 0.15) is 0 Å². The Morgan fingerprint density at radius 2 is 2.17 bits per heavy atom. The molecule has 1 aliphatic carbocycles. The molecule has 1 aromatic heterocycles. The first-order chi connectivity index (χ1) is 8.52. The van der Waals surface area contributed by atoms with Crippen molar-refractivity contribution in [2.75, 3.05) is 11.9 Å². The molecule has 0 bridgehead atoms. The molecule has 0 unspecified atom stereocenters. The number of nitrogens with one attached hydrogen (secondary N) is 1. The van der Waals surface area contributed by atoms with Crippen LogP contribution < -0.4 is 5.32 Å². The fraction of sp³-hybridized carbons (Fsp3) is 0.615. The third-order valence-corrected chi connectivity index (χ3v) is 3.80. The van der Waals surface area contributed by atoms with E-state index in [2.05, 4.69) is 17.2 Å². The molecule has 5 nitrogen and oxygen atoms in total. The van der Waals surface area contributed by atoms with Crippen LogP contribution in [0.2, 0.25) is 0 Å². The van der Waals surface area contributed by atoms with E-state index in [-0.39, 0.29) is 16.0 Å². The Bertz CT molecular complexity index is 454. The number of nitro groups is 1. The fourth-order valence-corrected chi connectivity index (χ4v) is 2.61. The number of hydrogen-bond donors (Lipinski definition) is 1. The summed E-state index contributed by atoms with van der Waals surface area (Å²) in [6, 6.07) is 1.67. The molecule has 1 aromatic rings. The standard InChI is InChI=1S/C13H19N3O2/c1-10-5-8-14-12(11(10)16(17)18)15-9-13(2)6-3-4-7-13/h5,8H,3-4,6-7,9H2,1-2H3,(H,14,15). The molecule has 0 spiro atoms. The predicted octanol–water partition coefficient (Wildman–Crippen LogP) is 3.29. The molecular formula is C13H19N3O2. The minimum Gasteiger partial charge on any atom is -0.364 e. The lowest BCUT2D eigenvalue weighted by atomic mass is 9.89. The average molecular weight is 249 g/mol. The van der Waals surface area contributed by atoms with E-state index in [0.29, 0.717) is 11.4 Å². The molecule has 0 radical (unpaired) electrons. The highest BCUT2D eigenvalue weighted by atomic mass is 16.6. The Balaban J connectivity index is 2.14. The quantitative estimate of drug-likeness (QED) is 0.656. The van der Waals surface area contributed by atoms with Crippen LogP contribution in [-0.4, -0.2) is 16.5 Å². The van der Waals surface area contributed by atoms with Crippen molar-refractivity contribution in [2.45, 2.75) is 39.5 Å². The second-order valence-electron chi connectivity index (χ2n) is 5.45. The van der Waals surface area contributed by atoms with Crippen molar-refractivity contribution < 1.29 is 4.92 Å². The first-order valence-corrected chi connectivity index (χ1v) is 6.36. The molecule has 1 aliphatic rings. The molecule has 2 rings (SSSR count). The molecule has 0 aliphatic heterocycles. The molecular weight excluding hydrogens is 230 g/mol. The number of hydrogen-bond acceptors (Lipinski definition) is 4. The molecule has 98 valence electrons. The van der Waals surface area contributed by atoms with E-state index in [4.69, 9.17) is 0 Å². The second kappa shape index (κ2) is 4.92. The number of pyridine rings is 1. The van der Waals surface area contributed by atoms with Gasteiger partial charge in [-0.1, -0.05) is 19.8 Å². The first-order valence-electron chi connectivity index (χ1n) is 6.36. The lowest BCUT2D eigenvalue weighted by Crippen LogP contribution is -2.23. The van der Waals surface area contributed by atoms with Gasteiger partial charge in [-0.15, -0.1) is 0 Å². The smallest absolute Gasteiger partial charge is 0.314 e. The van der Waals surface area contributed by atoms with Crippen molar-refractivity contribution >= 4 is 11.5 Å². The van der Waals surface area contributed by atoms with E-state index >= 15 is 0 Å². The molecule has 5 heteroatoms. The Morgan fingerprint density at radius 3 is 2.78 bits per heavy atom. The molecule has 18 heavy (non-hydrogen) atoms. The topological polar surface area (TPSA) is 68.1 Å². The summed E-state index contributed by atoms with van der Waals surface area (Å²) in [7, 11) is 0. The normalized spacial score (nSPS) is 17.7. The van der Waals surface area contributed by atoms with Crippen LogP contribution in [0.1, 0.15) is 38.2 Å². The van der Waals surface area contributed by atoms with Gasteiger partial charge < -0.3 is 5.32 Å². The maximum atomic E-state index is 11.0. The monoisotopic (exact) mass is 249 g/mol. The van der Waals surface area contributed by atoms with E-state index in [9.17, 15) is 10.1 Å². The summed E-state index contributed by atoms with van der Waals surface area (Å²) in [5, 5.41) is 14.2. The third kappa shape index (κ3) is 2.60. The number of anilines is 1. The van der Waals surface area contributed by atoms with E-state index < -0.39 is 0 Å². The van der Waals surface area contributed by atoms with Crippen LogP contribution in [0.4, 0.5) is 11.5 Å². The molecule has 0 aromatic carbocycles. The van der Waals surface area contributed by atoms with Crippen molar-refractivity contribution in [2.24, 2.45) is 5.41 Å². The van der Waals surface area contributed by atoms with Gasteiger partial charge in [0.25, 0.3) is 0 Å². The van der Waals surface area contributed by atoms with Crippen LogP contribution >= 0.6 is 0 Å². The van der Waals surface area contributed by atoms with Crippen LogP contribution in [0.5, 0.6) is 0 Å². The minimum absolute atomic E-state index is 0.0964. The molecule has 1 N–H and O–H groups in total. The van der Waals surface area contributed by atoms with Crippen LogP contribution in [0.3, 0.4) is 0 Å². The van der Waals surface area contributed by atoms with Crippen molar-refractivity contribution in [3.05, 3.63) is 27.9 Å². The van der Waals surface area contributed by atoms with Crippen molar-refractivity contribution in [1.29, 1.82) is 0 Å². The SMILES string of the molecule is Cc1ccnc(NCC2(C)CCCC2)c1[N+](=O)[O-]. The van der Waals surface area contributed by atoms with Gasteiger partial charge in [-0.2, -0.15) is 0 Å².